The molecule has 5 heteroatoms. The zero-order valence-corrected chi connectivity index (χ0v) is 16.4. The van der Waals surface area contributed by atoms with Crippen molar-refractivity contribution >= 4 is 5.91 Å². The number of rotatable bonds is 5. The van der Waals surface area contributed by atoms with Crippen LogP contribution < -0.4 is 5.32 Å². The number of nitrogens with one attached hydrogen (secondary N) is 1. The van der Waals surface area contributed by atoms with Crippen molar-refractivity contribution in [1.82, 2.24) is 20.0 Å². The van der Waals surface area contributed by atoms with Crippen molar-refractivity contribution < 1.29 is 4.79 Å². The molecule has 1 amide bonds. The van der Waals surface area contributed by atoms with Gasteiger partial charge >= 0.3 is 0 Å². The monoisotopic (exact) mass is 374 g/mol. The normalized spacial score (nSPS) is 16.3. The Morgan fingerprint density at radius 1 is 1.21 bits per heavy atom. The summed E-state index contributed by atoms with van der Waals surface area (Å²) in [6, 6.07) is 16.2. The van der Waals surface area contributed by atoms with E-state index in [2.05, 4.69) is 29.5 Å². The molecule has 0 saturated carbocycles. The molecule has 4 rings (SSSR count). The lowest BCUT2D eigenvalue weighted by Gasteiger charge is -2.20. The fourth-order valence-electron chi connectivity index (χ4n) is 3.91. The van der Waals surface area contributed by atoms with Gasteiger partial charge in [-0.15, -0.1) is 0 Å². The minimum Gasteiger partial charge on any atom is -0.337 e. The zero-order valence-electron chi connectivity index (χ0n) is 16.4. The second-order valence-electron chi connectivity index (χ2n) is 7.52. The summed E-state index contributed by atoms with van der Waals surface area (Å²) in [6.07, 6.45) is 4.92. The van der Waals surface area contributed by atoms with Crippen molar-refractivity contribution in [1.29, 1.82) is 0 Å². The molecule has 0 unspecified atom stereocenters. The Labute approximate surface area is 166 Å². The average molecular weight is 374 g/mol. The van der Waals surface area contributed by atoms with Gasteiger partial charge in [-0.25, -0.2) is 4.68 Å². The smallest absolute Gasteiger partial charge is 0.254 e. The van der Waals surface area contributed by atoms with Crippen molar-refractivity contribution in [3.8, 4) is 5.69 Å². The lowest BCUT2D eigenvalue weighted by molar-refractivity contribution is 0.0783. The van der Waals surface area contributed by atoms with Crippen molar-refractivity contribution in [2.45, 2.75) is 25.8 Å². The van der Waals surface area contributed by atoms with Gasteiger partial charge in [0, 0.05) is 37.5 Å². The highest BCUT2D eigenvalue weighted by Gasteiger charge is 2.23. The predicted octanol–water partition coefficient (Wildman–Crippen LogP) is 3.53. The van der Waals surface area contributed by atoms with Crippen molar-refractivity contribution in [2.75, 3.05) is 20.1 Å². The lowest BCUT2D eigenvalue weighted by Crippen LogP contribution is -2.27. The van der Waals surface area contributed by atoms with E-state index in [0.29, 0.717) is 12.5 Å². The second kappa shape index (κ2) is 7.98. The minimum atomic E-state index is 0.0612. The summed E-state index contributed by atoms with van der Waals surface area (Å²) >= 11 is 0. The third-order valence-corrected chi connectivity index (χ3v) is 5.46. The van der Waals surface area contributed by atoms with E-state index in [1.54, 1.807) is 4.90 Å². The average Bonchev–Trinajstić information content (AvgIpc) is 3.40. The van der Waals surface area contributed by atoms with Gasteiger partial charge in [-0.05, 0) is 49.1 Å². The van der Waals surface area contributed by atoms with Crippen LogP contribution in [0.4, 0.5) is 0 Å². The molecule has 2 aromatic carbocycles. The number of carbonyl (C=O) groups is 1. The molecule has 1 aliphatic heterocycles. The number of carbonyl (C=O) groups excluding carboxylic acids is 1. The van der Waals surface area contributed by atoms with Crippen LogP contribution in [0.25, 0.3) is 5.69 Å². The summed E-state index contributed by atoms with van der Waals surface area (Å²) in [6.45, 7) is 4.56. The van der Waals surface area contributed by atoms with Crippen LogP contribution in [0.1, 0.15) is 39.4 Å². The molecule has 0 spiro atoms. The summed E-state index contributed by atoms with van der Waals surface area (Å²) in [7, 11) is 1.86. The molecular weight excluding hydrogens is 348 g/mol. The maximum Gasteiger partial charge on any atom is 0.254 e. The number of nitrogens with zero attached hydrogens (tertiary/aromatic N) is 3. The molecular formula is C23H26N4O. The van der Waals surface area contributed by atoms with Crippen molar-refractivity contribution in [3.05, 3.63) is 83.2 Å². The molecule has 0 radical (unpaired) electrons. The summed E-state index contributed by atoms with van der Waals surface area (Å²) in [5.74, 6) is 0.475. The first kappa shape index (κ1) is 18.4. The standard InChI is InChI=1S/C23H26N4O/c1-17-7-3-6-10-22(17)27-16-18(13-25-27)15-26(2)23(28)21-9-5-4-8-20(21)19-11-12-24-14-19/h3-10,13,16,19,24H,11-12,14-15H2,1-2H3/t19-/m0/s1. The van der Waals surface area contributed by atoms with E-state index >= 15 is 0 Å². The first-order chi connectivity index (χ1) is 13.6. The summed E-state index contributed by atoms with van der Waals surface area (Å²) in [4.78, 5) is 14.9. The van der Waals surface area contributed by atoms with E-state index in [1.165, 1.54) is 5.56 Å². The number of para-hydroxylation sites is 1. The van der Waals surface area contributed by atoms with Crippen molar-refractivity contribution in [2.24, 2.45) is 0 Å². The fourth-order valence-corrected chi connectivity index (χ4v) is 3.91. The molecule has 1 saturated heterocycles. The molecule has 1 N–H and O–H groups in total. The Morgan fingerprint density at radius 2 is 2.00 bits per heavy atom. The van der Waals surface area contributed by atoms with Gasteiger partial charge in [0.05, 0.1) is 11.9 Å². The number of aromatic nitrogens is 2. The molecule has 1 fully saturated rings. The molecule has 5 nitrogen and oxygen atoms in total. The van der Waals surface area contributed by atoms with Crippen LogP contribution in [0.5, 0.6) is 0 Å². The third kappa shape index (κ3) is 3.71. The maximum absolute atomic E-state index is 13.1. The molecule has 1 atom stereocenters. The molecule has 0 aliphatic carbocycles. The summed E-state index contributed by atoms with van der Waals surface area (Å²) in [5, 5.41) is 7.88. The van der Waals surface area contributed by atoms with Crippen LogP contribution in [0.2, 0.25) is 0 Å². The quantitative estimate of drug-likeness (QED) is 0.743. The van der Waals surface area contributed by atoms with Gasteiger partial charge in [-0.1, -0.05) is 36.4 Å². The number of amides is 1. The van der Waals surface area contributed by atoms with E-state index in [4.69, 9.17) is 0 Å². The topological polar surface area (TPSA) is 50.2 Å². The first-order valence-corrected chi connectivity index (χ1v) is 9.78. The lowest BCUT2D eigenvalue weighted by atomic mass is 9.93. The molecule has 2 heterocycles. The molecule has 0 bridgehead atoms. The Hall–Kier alpha value is -2.92. The molecule has 28 heavy (non-hydrogen) atoms. The Balaban J connectivity index is 1.51. The van der Waals surface area contributed by atoms with Crippen LogP contribution in [-0.4, -0.2) is 40.7 Å². The number of benzene rings is 2. The van der Waals surface area contributed by atoms with Crippen LogP contribution in [-0.2, 0) is 6.54 Å². The summed E-state index contributed by atoms with van der Waals surface area (Å²) < 4.78 is 1.88. The SMILES string of the molecule is Cc1ccccc1-n1cc(CN(C)C(=O)c2ccccc2[C@H]2CCNC2)cn1. The number of hydrogen-bond acceptors (Lipinski definition) is 3. The van der Waals surface area contributed by atoms with Gasteiger partial charge in [-0.2, -0.15) is 5.10 Å². The third-order valence-electron chi connectivity index (χ3n) is 5.46. The number of aryl methyl sites for hydroxylation is 1. The van der Waals surface area contributed by atoms with Gasteiger partial charge in [0.15, 0.2) is 0 Å². The van der Waals surface area contributed by atoms with Gasteiger partial charge in [0.25, 0.3) is 5.91 Å². The van der Waals surface area contributed by atoms with E-state index in [-0.39, 0.29) is 5.91 Å². The highest BCUT2D eigenvalue weighted by Crippen LogP contribution is 2.26. The summed E-state index contributed by atoms with van der Waals surface area (Å²) in [5.41, 5.74) is 5.20. The van der Waals surface area contributed by atoms with Crippen LogP contribution in [0.3, 0.4) is 0 Å². The van der Waals surface area contributed by atoms with E-state index in [9.17, 15) is 4.79 Å². The van der Waals surface area contributed by atoms with Gasteiger partial charge in [-0.3, -0.25) is 4.79 Å². The Morgan fingerprint density at radius 3 is 2.79 bits per heavy atom. The predicted molar refractivity (Wildman–Crippen MR) is 111 cm³/mol. The zero-order chi connectivity index (χ0) is 19.5. The fraction of sp³-hybridized carbons (Fsp3) is 0.304. The van der Waals surface area contributed by atoms with E-state index in [0.717, 1.165) is 41.9 Å². The first-order valence-electron chi connectivity index (χ1n) is 9.78. The molecule has 1 aromatic heterocycles. The van der Waals surface area contributed by atoms with Crippen LogP contribution in [0, 0.1) is 6.92 Å². The van der Waals surface area contributed by atoms with Crippen molar-refractivity contribution in [3.63, 3.8) is 0 Å². The Bertz CT molecular complexity index is 972. The van der Waals surface area contributed by atoms with Crippen LogP contribution >= 0.6 is 0 Å². The van der Waals surface area contributed by atoms with Crippen LogP contribution in [0.15, 0.2) is 60.9 Å². The molecule has 144 valence electrons. The van der Waals surface area contributed by atoms with E-state index in [1.807, 2.05) is 60.5 Å². The van der Waals surface area contributed by atoms with E-state index < -0.39 is 0 Å². The second-order valence-corrected chi connectivity index (χ2v) is 7.52. The number of hydrogen-bond donors (Lipinski definition) is 1. The molecule has 3 aromatic rings. The van der Waals surface area contributed by atoms with Gasteiger partial charge < -0.3 is 10.2 Å². The highest BCUT2D eigenvalue weighted by atomic mass is 16.2. The molecule has 1 aliphatic rings. The largest absolute Gasteiger partial charge is 0.337 e. The van der Waals surface area contributed by atoms with Gasteiger partial charge in [0.1, 0.15) is 0 Å². The van der Waals surface area contributed by atoms with Gasteiger partial charge in [0.2, 0.25) is 0 Å². The Kier molecular flexibility index (Phi) is 5.26. The maximum atomic E-state index is 13.1. The highest BCUT2D eigenvalue weighted by molar-refractivity contribution is 5.95. The minimum absolute atomic E-state index is 0.0612.